The molecule has 0 aliphatic carbocycles. The first kappa shape index (κ1) is 12.4. The molecule has 1 aliphatic heterocycles. The molecule has 0 saturated carbocycles. The van der Waals surface area contributed by atoms with Crippen LogP contribution in [0.3, 0.4) is 0 Å². The Morgan fingerprint density at radius 1 is 1.53 bits per heavy atom. The van der Waals surface area contributed by atoms with Gasteiger partial charge in [0.25, 0.3) is 0 Å². The first-order chi connectivity index (χ1) is 7.02. The molecule has 5 nitrogen and oxygen atoms in total. The zero-order valence-corrected chi connectivity index (χ0v) is 9.24. The van der Waals surface area contributed by atoms with Crippen LogP contribution in [0.1, 0.15) is 19.3 Å². The third-order valence-electron chi connectivity index (χ3n) is 2.73. The summed E-state index contributed by atoms with van der Waals surface area (Å²) >= 11 is 0. The number of carbonyl (C=O) groups excluding carboxylic acids is 1. The number of rotatable bonds is 5. The van der Waals surface area contributed by atoms with Crippen molar-refractivity contribution in [2.45, 2.75) is 24.9 Å². The van der Waals surface area contributed by atoms with E-state index in [9.17, 15) is 9.90 Å². The van der Waals surface area contributed by atoms with Gasteiger partial charge in [-0.2, -0.15) is 0 Å². The maximum atomic E-state index is 10.6. The minimum absolute atomic E-state index is 0.305. The van der Waals surface area contributed by atoms with Crippen molar-refractivity contribution in [3.63, 3.8) is 0 Å². The number of likely N-dealkylation sites (N-methyl/N-ethyl adjacent to an activating group) is 1. The fourth-order valence-corrected chi connectivity index (χ4v) is 1.79. The monoisotopic (exact) mass is 216 g/mol. The highest BCUT2D eigenvalue weighted by Crippen LogP contribution is 2.21. The van der Waals surface area contributed by atoms with Crippen LogP contribution in [-0.4, -0.2) is 54.9 Å². The Morgan fingerprint density at radius 3 is 2.67 bits per heavy atom. The zero-order valence-electron chi connectivity index (χ0n) is 9.24. The highest BCUT2D eigenvalue weighted by atomic mass is 16.5. The van der Waals surface area contributed by atoms with Crippen molar-refractivity contribution in [3.05, 3.63) is 0 Å². The van der Waals surface area contributed by atoms with Crippen molar-refractivity contribution in [2.75, 3.05) is 33.4 Å². The molecule has 1 amide bonds. The summed E-state index contributed by atoms with van der Waals surface area (Å²) in [6.45, 7) is 2.39. The van der Waals surface area contributed by atoms with E-state index < -0.39 is 5.60 Å². The first-order valence-electron chi connectivity index (χ1n) is 5.29. The van der Waals surface area contributed by atoms with Gasteiger partial charge in [-0.05, 0) is 7.05 Å². The van der Waals surface area contributed by atoms with E-state index in [0.29, 0.717) is 45.6 Å². The number of nitrogens with zero attached hydrogens (tertiary/aromatic N) is 1. The number of amides is 1. The first-order valence-corrected chi connectivity index (χ1v) is 5.29. The summed E-state index contributed by atoms with van der Waals surface area (Å²) in [6, 6.07) is 0. The molecule has 0 spiro atoms. The lowest BCUT2D eigenvalue weighted by atomic mass is 9.94. The smallest absolute Gasteiger partial charge is 0.218 e. The molecule has 0 bridgehead atoms. The number of aliphatic hydroxyl groups is 1. The molecule has 0 radical (unpaired) electrons. The van der Waals surface area contributed by atoms with Crippen molar-refractivity contribution >= 4 is 5.91 Å². The molecule has 1 fully saturated rings. The Hall–Kier alpha value is -0.650. The lowest BCUT2D eigenvalue weighted by Gasteiger charge is -2.35. The van der Waals surface area contributed by atoms with E-state index in [0.717, 1.165) is 0 Å². The van der Waals surface area contributed by atoms with Crippen LogP contribution in [0.15, 0.2) is 0 Å². The second-order valence-corrected chi connectivity index (χ2v) is 4.29. The molecule has 88 valence electrons. The van der Waals surface area contributed by atoms with Gasteiger partial charge in [0.1, 0.15) is 0 Å². The van der Waals surface area contributed by atoms with Crippen molar-refractivity contribution in [1.82, 2.24) is 4.90 Å². The normalized spacial score (nSPS) is 20.5. The molecule has 0 unspecified atom stereocenters. The Morgan fingerprint density at radius 2 is 2.13 bits per heavy atom. The Kier molecular flexibility index (Phi) is 4.50. The van der Waals surface area contributed by atoms with Crippen LogP contribution in [0.4, 0.5) is 0 Å². The topological polar surface area (TPSA) is 75.8 Å². The molecule has 1 rings (SSSR count). The van der Waals surface area contributed by atoms with Crippen LogP contribution < -0.4 is 5.73 Å². The number of primary amides is 1. The highest BCUT2D eigenvalue weighted by molar-refractivity contribution is 5.73. The minimum Gasteiger partial charge on any atom is -0.388 e. The fraction of sp³-hybridized carbons (Fsp3) is 0.900. The summed E-state index contributed by atoms with van der Waals surface area (Å²) in [7, 11) is 1.89. The summed E-state index contributed by atoms with van der Waals surface area (Å²) in [5.74, 6) is -0.305. The molecule has 0 aromatic rings. The van der Waals surface area contributed by atoms with E-state index in [1.54, 1.807) is 0 Å². The Labute approximate surface area is 90.2 Å². The molecular weight excluding hydrogens is 196 g/mol. The lowest BCUT2D eigenvalue weighted by molar-refractivity contribution is -0.118. The third kappa shape index (κ3) is 4.59. The van der Waals surface area contributed by atoms with E-state index in [1.165, 1.54) is 0 Å². The van der Waals surface area contributed by atoms with Gasteiger partial charge >= 0.3 is 0 Å². The van der Waals surface area contributed by atoms with Gasteiger partial charge in [0.05, 0.1) is 5.60 Å². The van der Waals surface area contributed by atoms with Crippen molar-refractivity contribution in [1.29, 1.82) is 0 Å². The third-order valence-corrected chi connectivity index (χ3v) is 2.73. The second kappa shape index (κ2) is 5.44. The van der Waals surface area contributed by atoms with Gasteiger partial charge in [0.2, 0.25) is 5.91 Å². The molecule has 3 N–H and O–H groups in total. The Balaban J connectivity index is 2.28. The van der Waals surface area contributed by atoms with Crippen molar-refractivity contribution < 1.29 is 14.6 Å². The van der Waals surface area contributed by atoms with Crippen LogP contribution in [-0.2, 0) is 9.53 Å². The summed E-state index contributed by atoms with van der Waals surface area (Å²) in [4.78, 5) is 12.5. The molecule has 1 aliphatic rings. The average Bonchev–Trinajstić information content (AvgIpc) is 2.15. The Bertz CT molecular complexity index is 215. The van der Waals surface area contributed by atoms with Crippen LogP contribution in [0.2, 0.25) is 0 Å². The predicted molar refractivity (Wildman–Crippen MR) is 56.3 cm³/mol. The maximum absolute atomic E-state index is 10.6. The molecule has 5 heteroatoms. The zero-order chi connectivity index (χ0) is 11.3. The summed E-state index contributed by atoms with van der Waals surface area (Å²) < 4.78 is 5.19. The second-order valence-electron chi connectivity index (χ2n) is 4.29. The van der Waals surface area contributed by atoms with Crippen LogP contribution in [0, 0.1) is 0 Å². The van der Waals surface area contributed by atoms with Gasteiger partial charge in [-0.25, -0.2) is 0 Å². The quantitative estimate of drug-likeness (QED) is 0.639. The standard InChI is InChI=1S/C10H20N2O3/c1-12(5-2-9(11)13)8-10(14)3-6-15-7-4-10/h14H,2-8H2,1H3,(H2,11,13). The molecular formula is C10H20N2O3. The number of carbonyl (C=O) groups is 1. The van der Waals surface area contributed by atoms with Crippen molar-refractivity contribution in [3.8, 4) is 0 Å². The van der Waals surface area contributed by atoms with E-state index in [4.69, 9.17) is 10.5 Å². The molecule has 0 aromatic heterocycles. The number of ether oxygens (including phenoxy) is 1. The summed E-state index contributed by atoms with van der Waals surface area (Å²) in [5.41, 5.74) is 4.40. The highest BCUT2D eigenvalue weighted by Gasteiger charge is 2.30. The molecule has 1 heterocycles. The van der Waals surface area contributed by atoms with Crippen molar-refractivity contribution in [2.24, 2.45) is 5.73 Å². The van der Waals surface area contributed by atoms with Gasteiger partial charge in [-0.15, -0.1) is 0 Å². The van der Waals surface area contributed by atoms with E-state index in [2.05, 4.69) is 0 Å². The largest absolute Gasteiger partial charge is 0.388 e. The van der Waals surface area contributed by atoms with E-state index in [-0.39, 0.29) is 5.91 Å². The number of nitrogens with two attached hydrogens (primary N) is 1. The van der Waals surface area contributed by atoms with Gasteiger partial charge in [0, 0.05) is 45.6 Å². The van der Waals surface area contributed by atoms with Gasteiger partial charge in [-0.3, -0.25) is 4.79 Å². The van der Waals surface area contributed by atoms with Crippen LogP contribution in [0.5, 0.6) is 0 Å². The number of hydrogen-bond donors (Lipinski definition) is 2. The summed E-state index contributed by atoms with van der Waals surface area (Å²) in [6.07, 6.45) is 1.66. The fourth-order valence-electron chi connectivity index (χ4n) is 1.79. The predicted octanol–water partition coefficient (Wildman–Crippen LogP) is -0.665. The van der Waals surface area contributed by atoms with Crippen LogP contribution >= 0.6 is 0 Å². The maximum Gasteiger partial charge on any atom is 0.218 e. The SMILES string of the molecule is CN(CCC(N)=O)CC1(O)CCOCC1. The average molecular weight is 216 g/mol. The van der Waals surface area contributed by atoms with Gasteiger partial charge in [0.15, 0.2) is 0 Å². The summed E-state index contributed by atoms with van der Waals surface area (Å²) in [5, 5.41) is 10.2. The van der Waals surface area contributed by atoms with Crippen LogP contribution in [0.25, 0.3) is 0 Å². The number of hydrogen-bond acceptors (Lipinski definition) is 4. The molecule has 0 aromatic carbocycles. The van der Waals surface area contributed by atoms with E-state index in [1.807, 2.05) is 11.9 Å². The van der Waals surface area contributed by atoms with Gasteiger partial charge in [-0.1, -0.05) is 0 Å². The lowest BCUT2D eigenvalue weighted by Crippen LogP contribution is -2.46. The van der Waals surface area contributed by atoms with Gasteiger partial charge < -0.3 is 20.5 Å². The minimum atomic E-state index is -0.662. The molecule has 0 atom stereocenters. The van der Waals surface area contributed by atoms with E-state index >= 15 is 0 Å². The molecule has 15 heavy (non-hydrogen) atoms. The molecule has 1 saturated heterocycles.